The van der Waals surface area contributed by atoms with Crippen molar-refractivity contribution in [3.05, 3.63) is 68.7 Å². The Morgan fingerprint density at radius 2 is 1.58 bits per heavy atom. The van der Waals surface area contributed by atoms with Gasteiger partial charge < -0.3 is 5.11 Å². The Hall–Kier alpha value is -1.16. The van der Waals surface area contributed by atoms with Crippen molar-refractivity contribution in [3.8, 4) is 0 Å². The van der Waals surface area contributed by atoms with Gasteiger partial charge in [-0.2, -0.15) is 0 Å². The largest absolute Gasteiger partial charge is 0.383 e. The summed E-state index contributed by atoms with van der Waals surface area (Å²) in [4.78, 5) is 0. The van der Waals surface area contributed by atoms with Crippen LogP contribution >= 0.6 is 23.2 Å². The van der Waals surface area contributed by atoms with Gasteiger partial charge in [0, 0.05) is 21.2 Å². The first-order valence-electron chi connectivity index (χ1n) is 5.50. The molecular weight excluding hydrogens is 293 g/mol. The van der Waals surface area contributed by atoms with Crippen LogP contribution in [0.3, 0.4) is 0 Å². The number of aliphatic hydroxyl groups is 1. The molecule has 19 heavy (non-hydrogen) atoms. The Bertz CT molecular complexity index is 609. The van der Waals surface area contributed by atoms with Crippen LogP contribution in [0.25, 0.3) is 0 Å². The number of aliphatic hydroxyl groups excluding tert-OH is 1. The molecule has 0 amide bonds. The van der Waals surface area contributed by atoms with Crippen molar-refractivity contribution in [1.29, 1.82) is 0 Å². The molecule has 0 fully saturated rings. The van der Waals surface area contributed by atoms with Crippen LogP contribution in [0.5, 0.6) is 0 Å². The highest BCUT2D eigenvalue weighted by molar-refractivity contribution is 6.36. The zero-order valence-electron chi connectivity index (χ0n) is 9.92. The first kappa shape index (κ1) is 14.3. The first-order chi connectivity index (χ1) is 8.93. The minimum Gasteiger partial charge on any atom is -0.383 e. The van der Waals surface area contributed by atoms with Crippen LogP contribution in [0.4, 0.5) is 8.78 Å². The standard InChI is InChI=1S/C14H10Cl2F2O/c1-7-5-6-8(13(18)12(7)17)14(19)11-9(15)3-2-4-10(11)16/h2-6,14,19H,1H3. The van der Waals surface area contributed by atoms with Crippen LogP contribution in [0.2, 0.25) is 10.0 Å². The van der Waals surface area contributed by atoms with E-state index in [0.717, 1.165) is 0 Å². The number of hydrogen-bond donors (Lipinski definition) is 1. The maximum absolute atomic E-state index is 13.8. The highest BCUT2D eigenvalue weighted by atomic mass is 35.5. The third kappa shape index (κ3) is 2.59. The monoisotopic (exact) mass is 302 g/mol. The van der Waals surface area contributed by atoms with Crippen LogP contribution in [-0.2, 0) is 0 Å². The van der Waals surface area contributed by atoms with E-state index in [1.54, 1.807) is 6.07 Å². The molecule has 0 aromatic heterocycles. The van der Waals surface area contributed by atoms with Crippen LogP contribution in [0.1, 0.15) is 22.8 Å². The summed E-state index contributed by atoms with van der Waals surface area (Å²) >= 11 is 11.9. The van der Waals surface area contributed by atoms with Gasteiger partial charge in [0.2, 0.25) is 0 Å². The summed E-state index contributed by atoms with van der Waals surface area (Å²) in [6.07, 6.45) is -1.42. The molecule has 0 spiro atoms. The zero-order valence-corrected chi connectivity index (χ0v) is 11.4. The summed E-state index contributed by atoms with van der Waals surface area (Å²) in [7, 11) is 0. The van der Waals surface area contributed by atoms with Gasteiger partial charge in [0.15, 0.2) is 11.6 Å². The van der Waals surface area contributed by atoms with Crippen molar-refractivity contribution < 1.29 is 13.9 Å². The van der Waals surface area contributed by atoms with E-state index in [0.29, 0.717) is 0 Å². The predicted molar refractivity (Wildman–Crippen MR) is 71.6 cm³/mol. The van der Waals surface area contributed by atoms with Gasteiger partial charge in [0.1, 0.15) is 6.10 Å². The van der Waals surface area contributed by atoms with Crippen LogP contribution in [0, 0.1) is 18.6 Å². The van der Waals surface area contributed by atoms with Gasteiger partial charge in [-0.3, -0.25) is 0 Å². The van der Waals surface area contributed by atoms with Crippen LogP contribution in [-0.4, -0.2) is 5.11 Å². The Morgan fingerprint density at radius 3 is 2.16 bits per heavy atom. The molecular formula is C14H10Cl2F2O. The van der Waals surface area contributed by atoms with Crippen molar-refractivity contribution >= 4 is 23.2 Å². The number of halogens is 4. The van der Waals surface area contributed by atoms with E-state index in [4.69, 9.17) is 23.2 Å². The predicted octanol–water partition coefficient (Wildman–Crippen LogP) is 4.66. The number of aryl methyl sites for hydroxylation is 1. The Balaban J connectivity index is 2.57. The fourth-order valence-electron chi connectivity index (χ4n) is 1.80. The minimum absolute atomic E-state index is 0.160. The fraction of sp³-hybridized carbons (Fsp3) is 0.143. The lowest BCUT2D eigenvalue weighted by Crippen LogP contribution is -2.06. The normalized spacial score (nSPS) is 12.5. The fourth-order valence-corrected chi connectivity index (χ4v) is 2.40. The topological polar surface area (TPSA) is 20.2 Å². The molecule has 0 aliphatic rings. The van der Waals surface area contributed by atoms with Gasteiger partial charge in [-0.25, -0.2) is 8.78 Å². The van der Waals surface area contributed by atoms with E-state index in [-0.39, 0.29) is 26.7 Å². The van der Waals surface area contributed by atoms with Gasteiger partial charge in [-0.05, 0) is 24.6 Å². The molecule has 2 aromatic rings. The number of rotatable bonds is 2. The maximum atomic E-state index is 13.8. The first-order valence-corrected chi connectivity index (χ1v) is 6.25. The molecule has 0 aliphatic carbocycles. The van der Waals surface area contributed by atoms with Gasteiger partial charge in [-0.15, -0.1) is 0 Å². The van der Waals surface area contributed by atoms with Gasteiger partial charge in [0.05, 0.1) is 0 Å². The quantitative estimate of drug-likeness (QED) is 0.855. The molecule has 5 heteroatoms. The Kier molecular flexibility index (Phi) is 4.09. The SMILES string of the molecule is Cc1ccc(C(O)c2c(Cl)cccc2Cl)c(F)c1F. The average molecular weight is 303 g/mol. The van der Waals surface area contributed by atoms with E-state index in [2.05, 4.69) is 0 Å². The molecule has 1 unspecified atom stereocenters. The highest BCUT2D eigenvalue weighted by Crippen LogP contribution is 2.35. The molecule has 0 aliphatic heterocycles. The Morgan fingerprint density at radius 1 is 1.00 bits per heavy atom. The molecule has 0 saturated carbocycles. The van der Waals surface area contributed by atoms with Crippen molar-refractivity contribution in [2.45, 2.75) is 13.0 Å². The summed E-state index contributed by atoms with van der Waals surface area (Å²) in [5.74, 6) is -2.08. The second kappa shape index (κ2) is 5.45. The second-order valence-corrected chi connectivity index (χ2v) is 4.95. The van der Waals surface area contributed by atoms with Crippen molar-refractivity contribution in [1.82, 2.24) is 0 Å². The second-order valence-electron chi connectivity index (χ2n) is 4.14. The lowest BCUT2D eigenvalue weighted by molar-refractivity contribution is 0.213. The molecule has 1 N–H and O–H groups in total. The summed E-state index contributed by atoms with van der Waals surface area (Å²) in [5, 5.41) is 10.6. The molecule has 100 valence electrons. The average Bonchev–Trinajstić information content (AvgIpc) is 2.35. The van der Waals surface area contributed by atoms with Crippen molar-refractivity contribution in [3.63, 3.8) is 0 Å². The highest BCUT2D eigenvalue weighted by Gasteiger charge is 2.22. The van der Waals surface area contributed by atoms with Gasteiger partial charge in [0.25, 0.3) is 0 Å². The zero-order chi connectivity index (χ0) is 14.2. The summed E-state index contributed by atoms with van der Waals surface area (Å²) in [6.45, 7) is 1.44. The smallest absolute Gasteiger partial charge is 0.165 e. The van der Waals surface area contributed by atoms with E-state index >= 15 is 0 Å². The molecule has 1 atom stereocenters. The van der Waals surface area contributed by atoms with Crippen molar-refractivity contribution in [2.24, 2.45) is 0 Å². The molecule has 0 bridgehead atoms. The molecule has 0 saturated heterocycles. The Labute approximate surface area is 119 Å². The third-order valence-corrected chi connectivity index (χ3v) is 3.53. The summed E-state index contributed by atoms with van der Waals surface area (Å²) in [6, 6.07) is 7.36. The summed E-state index contributed by atoms with van der Waals surface area (Å²) < 4.78 is 27.4. The molecule has 2 rings (SSSR count). The molecule has 2 aromatic carbocycles. The third-order valence-electron chi connectivity index (χ3n) is 2.87. The van der Waals surface area contributed by atoms with Crippen molar-refractivity contribution in [2.75, 3.05) is 0 Å². The lowest BCUT2D eigenvalue weighted by atomic mass is 9.99. The molecule has 1 nitrogen and oxygen atoms in total. The minimum atomic E-state index is -1.42. The van der Waals surface area contributed by atoms with Crippen LogP contribution < -0.4 is 0 Å². The molecule has 0 radical (unpaired) electrons. The van der Waals surface area contributed by atoms with E-state index in [9.17, 15) is 13.9 Å². The number of benzene rings is 2. The van der Waals surface area contributed by atoms with Gasteiger partial charge >= 0.3 is 0 Å². The maximum Gasteiger partial charge on any atom is 0.165 e. The lowest BCUT2D eigenvalue weighted by Gasteiger charge is -2.16. The van der Waals surface area contributed by atoms with E-state index in [1.807, 2.05) is 0 Å². The number of hydrogen-bond acceptors (Lipinski definition) is 1. The van der Waals surface area contributed by atoms with Crippen LogP contribution in [0.15, 0.2) is 30.3 Å². The van der Waals surface area contributed by atoms with E-state index in [1.165, 1.54) is 31.2 Å². The van der Waals surface area contributed by atoms with E-state index < -0.39 is 17.7 Å². The summed E-state index contributed by atoms with van der Waals surface area (Å²) in [5.41, 5.74) is 0.129. The van der Waals surface area contributed by atoms with Gasteiger partial charge in [-0.1, -0.05) is 41.4 Å². The molecule has 0 heterocycles.